The summed E-state index contributed by atoms with van der Waals surface area (Å²) in [6, 6.07) is 0. The SMILES string of the molecule is CCCNCc1n[nH]c(C)c1S(=O)(=O)NCCCC1CC1. The fourth-order valence-electron chi connectivity index (χ4n) is 2.41. The van der Waals surface area contributed by atoms with Crippen LogP contribution in [0, 0.1) is 12.8 Å². The molecule has 1 heterocycles. The van der Waals surface area contributed by atoms with Gasteiger partial charge in [0.2, 0.25) is 10.0 Å². The third kappa shape index (κ3) is 4.79. The average Bonchev–Trinajstić information content (AvgIpc) is 3.18. The summed E-state index contributed by atoms with van der Waals surface area (Å²) >= 11 is 0. The Morgan fingerprint density at radius 1 is 1.33 bits per heavy atom. The molecule has 0 radical (unpaired) electrons. The number of aromatic nitrogens is 2. The highest BCUT2D eigenvalue weighted by atomic mass is 32.2. The maximum Gasteiger partial charge on any atom is 0.244 e. The van der Waals surface area contributed by atoms with Crippen LogP contribution in [0.15, 0.2) is 4.90 Å². The standard InChI is InChI=1S/C14H26N4O2S/c1-3-8-15-10-13-14(11(2)17-18-13)21(19,20)16-9-4-5-12-6-7-12/h12,15-16H,3-10H2,1-2H3,(H,17,18). The van der Waals surface area contributed by atoms with E-state index in [1.54, 1.807) is 6.92 Å². The molecule has 1 aliphatic carbocycles. The molecular formula is C14H26N4O2S. The molecule has 21 heavy (non-hydrogen) atoms. The van der Waals surface area contributed by atoms with Crippen LogP contribution in [-0.4, -0.2) is 31.7 Å². The lowest BCUT2D eigenvalue weighted by molar-refractivity contribution is 0.569. The molecule has 0 bridgehead atoms. The molecule has 6 nitrogen and oxygen atoms in total. The van der Waals surface area contributed by atoms with Gasteiger partial charge in [-0.2, -0.15) is 5.10 Å². The molecule has 1 aliphatic rings. The van der Waals surface area contributed by atoms with Gasteiger partial charge in [-0.1, -0.05) is 19.8 Å². The second kappa shape index (κ2) is 7.38. The van der Waals surface area contributed by atoms with Crippen LogP contribution < -0.4 is 10.0 Å². The normalized spacial score (nSPS) is 15.5. The monoisotopic (exact) mass is 314 g/mol. The number of nitrogens with zero attached hydrogens (tertiary/aromatic N) is 1. The van der Waals surface area contributed by atoms with E-state index in [9.17, 15) is 8.42 Å². The number of hydrogen-bond acceptors (Lipinski definition) is 4. The van der Waals surface area contributed by atoms with Crippen molar-refractivity contribution in [3.8, 4) is 0 Å². The van der Waals surface area contributed by atoms with Gasteiger partial charge in [0.25, 0.3) is 0 Å². The van der Waals surface area contributed by atoms with Crippen LogP contribution in [0.25, 0.3) is 0 Å². The van der Waals surface area contributed by atoms with Crippen LogP contribution in [0.3, 0.4) is 0 Å². The van der Waals surface area contributed by atoms with E-state index < -0.39 is 10.0 Å². The fraction of sp³-hybridized carbons (Fsp3) is 0.786. The minimum absolute atomic E-state index is 0.303. The first-order valence-corrected chi connectivity index (χ1v) is 9.27. The Bertz CT molecular complexity index is 549. The van der Waals surface area contributed by atoms with Gasteiger partial charge in [-0.3, -0.25) is 5.10 Å². The molecular weight excluding hydrogens is 288 g/mol. The Morgan fingerprint density at radius 2 is 2.10 bits per heavy atom. The van der Waals surface area contributed by atoms with Gasteiger partial charge < -0.3 is 5.32 Å². The minimum atomic E-state index is -3.48. The first-order chi connectivity index (χ1) is 10.0. The predicted octanol–water partition coefficient (Wildman–Crippen LogP) is 1.69. The second-order valence-electron chi connectivity index (χ2n) is 5.78. The molecule has 7 heteroatoms. The number of aryl methyl sites for hydroxylation is 1. The lowest BCUT2D eigenvalue weighted by atomic mass is 10.2. The highest BCUT2D eigenvalue weighted by molar-refractivity contribution is 7.89. The van der Waals surface area contributed by atoms with Crippen LogP contribution >= 0.6 is 0 Å². The molecule has 1 fully saturated rings. The van der Waals surface area contributed by atoms with Gasteiger partial charge in [0.15, 0.2) is 0 Å². The summed E-state index contributed by atoms with van der Waals surface area (Å²) in [5.74, 6) is 0.832. The predicted molar refractivity (Wildman–Crippen MR) is 82.5 cm³/mol. The van der Waals surface area contributed by atoms with E-state index in [0.29, 0.717) is 29.4 Å². The van der Waals surface area contributed by atoms with E-state index in [-0.39, 0.29) is 0 Å². The Balaban J connectivity index is 1.94. The van der Waals surface area contributed by atoms with Crippen molar-refractivity contribution >= 4 is 10.0 Å². The maximum atomic E-state index is 12.4. The van der Waals surface area contributed by atoms with Gasteiger partial charge in [0.05, 0.1) is 11.4 Å². The first-order valence-electron chi connectivity index (χ1n) is 7.78. The molecule has 0 unspecified atom stereocenters. The van der Waals surface area contributed by atoms with Crippen molar-refractivity contribution in [3.63, 3.8) is 0 Å². The van der Waals surface area contributed by atoms with Gasteiger partial charge in [-0.05, 0) is 38.6 Å². The Hall–Kier alpha value is -0.920. The molecule has 3 N–H and O–H groups in total. The fourth-order valence-corrected chi connectivity index (χ4v) is 3.84. The Morgan fingerprint density at radius 3 is 2.76 bits per heavy atom. The zero-order valence-corrected chi connectivity index (χ0v) is 13.7. The van der Waals surface area contributed by atoms with Crippen molar-refractivity contribution in [3.05, 3.63) is 11.4 Å². The quantitative estimate of drug-likeness (QED) is 0.574. The van der Waals surface area contributed by atoms with Crippen molar-refractivity contribution in [1.29, 1.82) is 0 Å². The van der Waals surface area contributed by atoms with Crippen molar-refractivity contribution in [2.45, 2.75) is 57.4 Å². The highest BCUT2D eigenvalue weighted by Gasteiger charge is 2.24. The molecule has 0 aromatic carbocycles. The number of aromatic amines is 1. The zero-order valence-electron chi connectivity index (χ0n) is 12.9. The molecule has 0 saturated heterocycles. The second-order valence-corrected chi connectivity index (χ2v) is 7.49. The Labute approximate surface area is 127 Å². The summed E-state index contributed by atoms with van der Waals surface area (Å²) in [5, 5.41) is 10.1. The minimum Gasteiger partial charge on any atom is -0.311 e. The van der Waals surface area contributed by atoms with Crippen LogP contribution in [0.1, 0.15) is 50.4 Å². The van der Waals surface area contributed by atoms with Crippen LogP contribution in [0.4, 0.5) is 0 Å². The molecule has 0 amide bonds. The van der Waals surface area contributed by atoms with E-state index in [1.165, 1.54) is 12.8 Å². The summed E-state index contributed by atoms with van der Waals surface area (Å²) in [4.78, 5) is 0.303. The van der Waals surface area contributed by atoms with Gasteiger partial charge in [0, 0.05) is 13.1 Å². The molecule has 1 saturated carbocycles. The summed E-state index contributed by atoms with van der Waals surface area (Å²) in [6.07, 6.45) is 5.65. The molecule has 0 aliphatic heterocycles. The first kappa shape index (κ1) is 16.5. The van der Waals surface area contributed by atoms with Crippen molar-refractivity contribution in [1.82, 2.24) is 20.2 Å². The molecule has 120 valence electrons. The highest BCUT2D eigenvalue weighted by Crippen LogP contribution is 2.33. The van der Waals surface area contributed by atoms with E-state index in [2.05, 4.69) is 27.2 Å². The topological polar surface area (TPSA) is 86.9 Å². The van der Waals surface area contributed by atoms with Gasteiger partial charge in [-0.15, -0.1) is 0 Å². The van der Waals surface area contributed by atoms with Gasteiger partial charge in [-0.25, -0.2) is 13.1 Å². The number of sulfonamides is 1. The molecule has 2 rings (SSSR count). The lowest BCUT2D eigenvalue weighted by Crippen LogP contribution is -2.27. The number of hydrogen-bond donors (Lipinski definition) is 3. The van der Waals surface area contributed by atoms with Crippen LogP contribution in [0.5, 0.6) is 0 Å². The summed E-state index contributed by atoms with van der Waals surface area (Å²) in [7, 11) is -3.48. The maximum absolute atomic E-state index is 12.4. The zero-order chi connectivity index (χ0) is 15.3. The molecule has 1 aromatic heterocycles. The molecule has 1 aromatic rings. The van der Waals surface area contributed by atoms with Crippen LogP contribution in [0.2, 0.25) is 0 Å². The molecule has 0 atom stereocenters. The number of nitrogens with one attached hydrogen (secondary N) is 3. The van der Waals surface area contributed by atoms with Gasteiger partial charge >= 0.3 is 0 Å². The van der Waals surface area contributed by atoms with E-state index in [4.69, 9.17) is 0 Å². The lowest BCUT2D eigenvalue weighted by Gasteiger charge is -2.08. The van der Waals surface area contributed by atoms with E-state index in [0.717, 1.165) is 31.7 Å². The number of H-pyrrole nitrogens is 1. The van der Waals surface area contributed by atoms with Crippen molar-refractivity contribution in [2.75, 3.05) is 13.1 Å². The molecule has 0 spiro atoms. The summed E-state index contributed by atoms with van der Waals surface area (Å²) < 4.78 is 27.6. The average molecular weight is 314 g/mol. The smallest absolute Gasteiger partial charge is 0.244 e. The van der Waals surface area contributed by atoms with E-state index >= 15 is 0 Å². The number of rotatable bonds is 10. The largest absolute Gasteiger partial charge is 0.311 e. The van der Waals surface area contributed by atoms with Crippen molar-refractivity contribution < 1.29 is 8.42 Å². The van der Waals surface area contributed by atoms with Gasteiger partial charge in [0.1, 0.15) is 4.90 Å². The Kier molecular flexibility index (Phi) is 5.78. The summed E-state index contributed by atoms with van der Waals surface area (Å²) in [6.45, 7) is 5.64. The van der Waals surface area contributed by atoms with E-state index in [1.807, 2.05) is 0 Å². The van der Waals surface area contributed by atoms with Crippen LogP contribution in [-0.2, 0) is 16.6 Å². The third-order valence-corrected chi connectivity index (χ3v) is 5.39. The van der Waals surface area contributed by atoms with Crippen molar-refractivity contribution in [2.24, 2.45) is 5.92 Å². The third-order valence-electron chi connectivity index (χ3n) is 3.73. The summed E-state index contributed by atoms with van der Waals surface area (Å²) in [5.41, 5.74) is 1.16.